The molecule has 0 saturated carbocycles. The van der Waals surface area contributed by atoms with Gasteiger partial charge in [-0.3, -0.25) is 9.88 Å². The fourth-order valence-electron chi connectivity index (χ4n) is 7.90. The number of aromatic nitrogens is 4. The van der Waals surface area contributed by atoms with Crippen molar-refractivity contribution in [1.29, 1.82) is 0 Å². The van der Waals surface area contributed by atoms with E-state index in [2.05, 4.69) is 25.1 Å². The van der Waals surface area contributed by atoms with Gasteiger partial charge in [0.2, 0.25) is 0 Å². The van der Waals surface area contributed by atoms with Crippen LogP contribution in [0, 0.1) is 5.82 Å². The van der Waals surface area contributed by atoms with Crippen LogP contribution in [0.1, 0.15) is 44.6 Å². The summed E-state index contributed by atoms with van der Waals surface area (Å²) in [6.07, 6.45) is 9.48. The maximum absolute atomic E-state index is 16.7. The monoisotopic (exact) mass is 575 g/mol. The maximum Gasteiger partial charge on any atom is 0.319 e. The van der Waals surface area contributed by atoms with E-state index in [9.17, 15) is 9.50 Å². The molecule has 220 valence electrons. The van der Waals surface area contributed by atoms with Gasteiger partial charge in [-0.25, -0.2) is 8.78 Å². The Morgan fingerprint density at radius 2 is 2.02 bits per heavy atom. The Hall–Kier alpha value is -3.57. The van der Waals surface area contributed by atoms with Crippen molar-refractivity contribution >= 4 is 22.2 Å². The molecule has 0 unspecified atom stereocenters. The van der Waals surface area contributed by atoms with Gasteiger partial charge in [0, 0.05) is 56.1 Å². The number of rotatable bonds is 6. The Bertz CT molecular complexity index is 1680. The molecular weight excluding hydrogens is 540 g/mol. The van der Waals surface area contributed by atoms with Gasteiger partial charge in [0.25, 0.3) is 0 Å². The van der Waals surface area contributed by atoms with Gasteiger partial charge in [0.15, 0.2) is 5.82 Å². The first-order chi connectivity index (χ1) is 20.4. The van der Waals surface area contributed by atoms with Crippen molar-refractivity contribution in [1.82, 2.24) is 29.6 Å². The highest BCUT2D eigenvalue weighted by atomic mass is 19.1. The third-order valence-electron chi connectivity index (χ3n) is 9.84. The Morgan fingerprint density at radius 1 is 1.19 bits per heavy atom. The number of hydrogen-bond acceptors (Lipinski definition) is 8. The van der Waals surface area contributed by atoms with Gasteiger partial charge in [-0.05, 0) is 56.3 Å². The van der Waals surface area contributed by atoms with Gasteiger partial charge in [-0.1, -0.05) is 6.92 Å². The lowest BCUT2D eigenvalue weighted by Gasteiger charge is -2.34. The molecule has 8 rings (SSSR count). The molecule has 4 atom stereocenters. The largest absolute Gasteiger partial charge is 0.506 e. The summed E-state index contributed by atoms with van der Waals surface area (Å²) in [4.78, 5) is 18.5. The van der Waals surface area contributed by atoms with Crippen LogP contribution in [-0.2, 0) is 6.42 Å². The van der Waals surface area contributed by atoms with Gasteiger partial charge in [-0.15, -0.1) is 0 Å². The summed E-state index contributed by atoms with van der Waals surface area (Å²) in [6.45, 7) is 5.10. The SMILES string of the molecule is CCc1ccn2cc(O)cc(-c3ncc4c(N5C[C@H]6CC[C@@H](C5)N6)nc(OC[C@@]56CCCN5C[C@H](F)C6)nc4c3F)c12. The molecule has 0 aromatic carbocycles. The molecule has 9 nitrogen and oxygen atoms in total. The van der Waals surface area contributed by atoms with Crippen molar-refractivity contribution < 1.29 is 18.6 Å². The summed E-state index contributed by atoms with van der Waals surface area (Å²) in [5.74, 6) is 0.0453. The number of nitrogens with one attached hydrogen (secondary N) is 1. The Morgan fingerprint density at radius 3 is 2.83 bits per heavy atom. The van der Waals surface area contributed by atoms with Crippen molar-refractivity contribution in [3.05, 3.63) is 42.1 Å². The quantitative estimate of drug-likeness (QED) is 0.353. The zero-order chi connectivity index (χ0) is 28.6. The highest BCUT2D eigenvalue weighted by Gasteiger charge is 2.49. The minimum atomic E-state index is -0.870. The van der Waals surface area contributed by atoms with Crippen LogP contribution in [0.2, 0.25) is 0 Å². The van der Waals surface area contributed by atoms with E-state index >= 15 is 4.39 Å². The summed E-state index contributed by atoms with van der Waals surface area (Å²) in [5.41, 5.74) is 2.20. The lowest BCUT2D eigenvalue weighted by molar-refractivity contribution is 0.107. The van der Waals surface area contributed by atoms with E-state index in [-0.39, 0.29) is 35.1 Å². The van der Waals surface area contributed by atoms with E-state index in [0.29, 0.717) is 41.8 Å². The molecule has 4 aromatic heterocycles. The molecule has 0 spiro atoms. The predicted octanol–water partition coefficient (Wildman–Crippen LogP) is 4.25. The van der Waals surface area contributed by atoms with Crippen molar-refractivity contribution in [3.63, 3.8) is 0 Å². The smallest absolute Gasteiger partial charge is 0.319 e. The lowest BCUT2D eigenvalue weighted by atomic mass is 9.95. The van der Waals surface area contributed by atoms with Crippen LogP contribution in [0.5, 0.6) is 11.8 Å². The third-order valence-corrected chi connectivity index (χ3v) is 9.84. The molecule has 4 saturated heterocycles. The summed E-state index contributed by atoms with van der Waals surface area (Å²) in [5, 5.41) is 14.6. The topological polar surface area (TPSA) is 91.0 Å². The minimum Gasteiger partial charge on any atom is -0.506 e. The van der Waals surface area contributed by atoms with Gasteiger partial charge < -0.3 is 24.5 Å². The molecule has 0 amide bonds. The number of ether oxygens (including phenoxy) is 1. The van der Waals surface area contributed by atoms with Gasteiger partial charge >= 0.3 is 6.01 Å². The van der Waals surface area contributed by atoms with Crippen molar-refractivity contribution in [2.45, 2.75) is 69.2 Å². The third kappa shape index (κ3) is 4.11. The molecule has 0 aliphatic carbocycles. The first kappa shape index (κ1) is 26.1. The number of hydrogen-bond donors (Lipinski definition) is 2. The fourth-order valence-corrected chi connectivity index (χ4v) is 7.90. The van der Waals surface area contributed by atoms with E-state index in [1.165, 1.54) is 0 Å². The maximum atomic E-state index is 16.7. The number of pyridine rings is 2. The Balaban J connectivity index is 1.25. The van der Waals surface area contributed by atoms with Crippen LogP contribution < -0.4 is 15.0 Å². The average Bonchev–Trinajstić information content (AvgIpc) is 3.73. The lowest BCUT2D eigenvalue weighted by Crippen LogP contribution is -2.51. The second-order valence-corrected chi connectivity index (χ2v) is 12.5. The molecule has 4 aliphatic heterocycles. The number of fused-ring (bicyclic) bond motifs is 5. The van der Waals surface area contributed by atoms with E-state index in [4.69, 9.17) is 9.72 Å². The van der Waals surface area contributed by atoms with Crippen molar-refractivity contribution in [2.24, 2.45) is 0 Å². The van der Waals surface area contributed by atoms with Crippen LogP contribution in [0.15, 0.2) is 30.7 Å². The van der Waals surface area contributed by atoms with E-state index < -0.39 is 12.0 Å². The number of halogens is 2. The zero-order valence-electron chi connectivity index (χ0n) is 23.7. The van der Waals surface area contributed by atoms with Gasteiger partial charge in [0.1, 0.15) is 35.6 Å². The number of anilines is 1. The number of nitrogens with zero attached hydrogens (tertiary/aromatic N) is 6. The van der Waals surface area contributed by atoms with Crippen LogP contribution >= 0.6 is 0 Å². The van der Waals surface area contributed by atoms with Crippen LogP contribution in [0.4, 0.5) is 14.6 Å². The Labute approximate surface area is 242 Å². The number of piperazine rings is 1. The first-order valence-electron chi connectivity index (χ1n) is 15.1. The number of aromatic hydroxyl groups is 1. The normalized spacial score (nSPS) is 27.4. The molecule has 4 aliphatic rings. The van der Waals surface area contributed by atoms with Crippen molar-refractivity contribution in [2.75, 3.05) is 37.7 Å². The molecule has 11 heteroatoms. The predicted molar refractivity (Wildman–Crippen MR) is 155 cm³/mol. The molecule has 0 radical (unpaired) electrons. The summed E-state index contributed by atoms with van der Waals surface area (Å²) >= 11 is 0. The van der Waals surface area contributed by atoms with Gasteiger partial charge in [-0.2, -0.15) is 9.97 Å². The Kier molecular flexibility index (Phi) is 6.05. The van der Waals surface area contributed by atoms with E-state index in [0.717, 1.165) is 62.8 Å². The fraction of sp³-hybridized carbons (Fsp3) is 0.516. The summed E-state index contributed by atoms with van der Waals surface area (Å²) in [6, 6.07) is 4.33. The van der Waals surface area contributed by atoms with Crippen LogP contribution in [-0.4, -0.2) is 85.9 Å². The summed E-state index contributed by atoms with van der Waals surface area (Å²) < 4.78 is 39.2. The van der Waals surface area contributed by atoms with Crippen LogP contribution in [0.3, 0.4) is 0 Å². The number of aryl methyl sites for hydroxylation is 1. The van der Waals surface area contributed by atoms with Crippen LogP contribution in [0.25, 0.3) is 27.7 Å². The highest BCUT2D eigenvalue weighted by molar-refractivity contribution is 5.94. The molecule has 4 fully saturated rings. The zero-order valence-corrected chi connectivity index (χ0v) is 23.7. The molecule has 42 heavy (non-hydrogen) atoms. The molecule has 2 N–H and O–H groups in total. The molecule has 2 bridgehead atoms. The van der Waals surface area contributed by atoms with E-state index in [1.807, 2.05) is 19.2 Å². The van der Waals surface area contributed by atoms with E-state index in [1.54, 1.807) is 22.9 Å². The number of alkyl halides is 1. The second kappa shape index (κ2) is 9.74. The molecular formula is C31H35F2N7O2. The molecule has 4 aromatic rings. The van der Waals surface area contributed by atoms with Gasteiger partial charge in [0.05, 0.1) is 22.6 Å². The highest BCUT2D eigenvalue weighted by Crippen LogP contribution is 2.41. The molecule has 8 heterocycles. The standard InChI is InChI=1S/C31H35F2N7O2/c1-2-18-6-9-38-16-22(41)10-23(28(18)38)26-25(33)27-24(12-34-26)29(39-14-20-4-5-21(15-39)35-20)37-30(36-27)42-17-31-7-3-8-40(31)13-19(32)11-31/h6,9-10,12,16,19-21,35,41H,2-5,7-8,11,13-15,17H2,1H3/t19-,20-,21+,31+/m1/s1. The first-order valence-corrected chi connectivity index (χ1v) is 15.1. The average molecular weight is 576 g/mol. The minimum absolute atomic E-state index is 0.0174. The summed E-state index contributed by atoms with van der Waals surface area (Å²) in [7, 11) is 0. The van der Waals surface area contributed by atoms with Crippen molar-refractivity contribution in [3.8, 4) is 23.0 Å². The second-order valence-electron chi connectivity index (χ2n) is 12.5.